The molecule has 1 aromatic rings. The molecule has 0 radical (unpaired) electrons. The summed E-state index contributed by atoms with van der Waals surface area (Å²) in [4.78, 5) is 17.9. The van der Waals surface area contributed by atoms with Crippen molar-refractivity contribution in [1.29, 1.82) is 0 Å². The van der Waals surface area contributed by atoms with Gasteiger partial charge in [0.2, 0.25) is 5.95 Å². The van der Waals surface area contributed by atoms with Crippen LogP contribution in [0.4, 0.5) is 11.6 Å². The maximum atomic E-state index is 10.8. The van der Waals surface area contributed by atoms with Crippen molar-refractivity contribution in [3.8, 4) is 0 Å². The van der Waals surface area contributed by atoms with Crippen LogP contribution in [0.1, 0.15) is 25.7 Å². The molecular weight excluding hydrogens is 228 g/mol. The van der Waals surface area contributed by atoms with Crippen LogP contribution in [0.3, 0.4) is 0 Å². The summed E-state index contributed by atoms with van der Waals surface area (Å²) in [6, 6.07) is 0. The summed E-state index contributed by atoms with van der Waals surface area (Å²) in [5.74, 6) is 0.0890. The lowest BCUT2D eigenvalue weighted by Gasteiger charge is -2.07. The number of nitrogen functional groups attached to an aromatic ring is 1. The molecule has 0 atom stereocenters. The zero-order valence-electron chi connectivity index (χ0n) is 8.63. The lowest BCUT2D eigenvalue weighted by molar-refractivity contribution is -0.388. The number of rotatable bonds is 3. The summed E-state index contributed by atoms with van der Waals surface area (Å²) in [5.41, 5.74) is 5.39. The molecule has 1 heterocycles. The lowest BCUT2D eigenvalue weighted by atomic mass is 10.4. The third-order valence-electron chi connectivity index (χ3n) is 2.53. The van der Waals surface area contributed by atoms with Crippen LogP contribution >= 0.6 is 11.8 Å². The molecule has 1 fully saturated rings. The third kappa shape index (κ3) is 2.41. The monoisotopic (exact) mass is 240 g/mol. The maximum absolute atomic E-state index is 10.8. The minimum Gasteiger partial charge on any atom is -0.368 e. The van der Waals surface area contributed by atoms with Gasteiger partial charge in [-0.25, -0.2) is 4.98 Å². The Morgan fingerprint density at radius 1 is 1.50 bits per heavy atom. The molecule has 16 heavy (non-hydrogen) atoms. The van der Waals surface area contributed by atoms with E-state index in [2.05, 4.69) is 9.97 Å². The van der Waals surface area contributed by atoms with E-state index in [9.17, 15) is 10.1 Å². The number of thioether (sulfide) groups is 1. The van der Waals surface area contributed by atoms with Crippen LogP contribution in [0, 0.1) is 10.1 Å². The molecule has 1 aliphatic rings. The van der Waals surface area contributed by atoms with Gasteiger partial charge in [0, 0.05) is 5.25 Å². The summed E-state index contributed by atoms with van der Waals surface area (Å²) in [7, 11) is 0. The topological polar surface area (TPSA) is 94.9 Å². The van der Waals surface area contributed by atoms with Crippen molar-refractivity contribution in [3.63, 3.8) is 0 Å². The van der Waals surface area contributed by atoms with Crippen molar-refractivity contribution in [2.24, 2.45) is 0 Å². The average Bonchev–Trinajstić information content (AvgIpc) is 2.70. The fraction of sp³-hybridized carbons (Fsp3) is 0.556. The number of hydrogen-bond donors (Lipinski definition) is 1. The smallest absolute Gasteiger partial charge is 0.319 e. The lowest BCUT2D eigenvalue weighted by Crippen LogP contribution is -2.03. The second-order valence-corrected chi connectivity index (χ2v) is 4.99. The fourth-order valence-corrected chi connectivity index (χ4v) is 3.03. The summed E-state index contributed by atoms with van der Waals surface area (Å²) in [6.45, 7) is 0. The van der Waals surface area contributed by atoms with Crippen LogP contribution in [0.2, 0.25) is 0 Å². The number of hydrogen-bond acceptors (Lipinski definition) is 6. The van der Waals surface area contributed by atoms with Gasteiger partial charge in [0.25, 0.3) is 0 Å². The average molecular weight is 240 g/mol. The van der Waals surface area contributed by atoms with E-state index in [-0.39, 0.29) is 11.6 Å². The number of nitrogens with two attached hydrogens (primary N) is 1. The first-order chi connectivity index (χ1) is 7.66. The molecular formula is C9H12N4O2S. The summed E-state index contributed by atoms with van der Waals surface area (Å²) in [6.07, 6.45) is 5.73. The van der Waals surface area contributed by atoms with E-state index in [4.69, 9.17) is 5.73 Å². The summed E-state index contributed by atoms with van der Waals surface area (Å²) >= 11 is 1.45. The van der Waals surface area contributed by atoms with Crippen molar-refractivity contribution in [2.75, 3.05) is 5.73 Å². The van der Waals surface area contributed by atoms with Crippen molar-refractivity contribution in [2.45, 2.75) is 36.0 Å². The van der Waals surface area contributed by atoms with Crippen LogP contribution in [0.5, 0.6) is 0 Å². The third-order valence-corrected chi connectivity index (χ3v) is 3.86. The molecule has 0 amide bonds. The Hall–Kier alpha value is -1.37. The molecule has 0 aliphatic heterocycles. The van der Waals surface area contributed by atoms with Crippen LogP contribution < -0.4 is 5.73 Å². The largest absolute Gasteiger partial charge is 0.368 e. The molecule has 0 aromatic carbocycles. The first-order valence-corrected chi connectivity index (χ1v) is 5.98. The second kappa shape index (κ2) is 4.65. The molecule has 1 aliphatic carbocycles. The molecule has 7 heteroatoms. The van der Waals surface area contributed by atoms with Gasteiger partial charge in [0.05, 0.1) is 4.92 Å². The Morgan fingerprint density at radius 3 is 2.81 bits per heavy atom. The molecule has 0 saturated heterocycles. The van der Waals surface area contributed by atoms with Gasteiger partial charge in [-0.2, -0.15) is 4.98 Å². The molecule has 1 aromatic heterocycles. The molecule has 0 spiro atoms. The zero-order chi connectivity index (χ0) is 11.5. The first-order valence-electron chi connectivity index (χ1n) is 5.10. The highest BCUT2D eigenvalue weighted by molar-refractivity contribution is 8.00. The Morgan fingerprint density at radius 2 is 2.19 bits per heavy atom. The minimum atomic E-state index is -0.462. The number of aromatic nitrogens is 2. The normalized spacial score (nSPS) is 16.5. The van der Waals surface area contributed by atoms with E-state index in [1.54, 1.807) is 0 Å². The molecule has 1 saturated carbocycles. The van der Waals surface area contributed by atoms with Gasteiger partial charge in [-0.1, -0.05) is 24.6 Å². The first kappa shape index (κ1) is 11.1. The molecule has 0 bridgehead atoms. The number of anilines is 1. The predicted molar refractivity (Wildman–Crippen MR) is 61.2 cm³/mol. The van der Waals surface area contributed by atoms with Gasteiger partial charge in [-0.05, 0) is 12.8 Å². The van der Waals surface area contributed by atoms with E-state index < -0.39 is 4.92 Å². The van der Waals surface area contributed by atoms with E-state index in [1.165, 1.54) is 30.8 Å². The zero-order valence-corrected chi connectivity index (χ0v) is 9.44. The fourth-order valence-electron chi connectivity index (χ4n) is 1.75. The predicted octanol–water partition coefficient (Wildman–Crippen LogP) is 2.00. The van der Waals surface area contributed by atoms with Crippen molar-refractivity contribution in [3.05, 3.63) is 16.3 Å². The Bertz CT molecular complexity index is 406. The van der Waals surface area contributed by atoms with Gasteiger partial charge >= 0.3 is 5.69 Å². The highest BCUT2D eigenvalue weighted by Crippen LogP contribution is 2.37. The van der Waals surface area contributed by atoms with Gasteiger partial charge in [-0.3, -0.25) is 10.1 Å². The minimum absolute atomic E-state index is 0.0499. The highest BCUT2D eigenvalue weighted by Gasteiger charge is 2.23. The van der Waals surface area contributed by atoms with E-state index in [0.717, 1.165) is 12.8 Å². The Kier molecular flexibility index (Phi) is 3.23. The van der Waals surface area contributed by atoms with Gasteiger partial charge < -0.3 is 5.73 Å². The number of nitro groups is 1. The van der Waals surface area contributed by atoms with E-state index in [1.807, 2.05) is 0 Å². The standard InChI is InChI=1S/C9H12N4O2S/c10-9-11-5-7(13(14)15)8(12-9)16-6-3-1-2-4-6/h5-6H,1-4H2,(H2,10,11,12). The van der Waals surface area contributed by atoms with E-state index >= 15 is 0 Å². The van der Waals surface area contributed by atoms with Gasteiger partial charge in [-0.15, -0.1) is 0 Å². The van der Waals surface area contributed by atoms with Crippen LogP contribution in [0.25, 0.3) is 0 Å². The van der Waals surface area contributed by atoms with Gasteiger partial charge in [0.1, 0.15) is 6.20 Å². The van der Waals surface area contributed by atoms with Crippen molar-refractivity contribution < 1.29 is 4.92 Å². The Balaban J connectivity index is 2.22. The SMILES string of the molecule is Nc1ncc([N+](=O)[O-])c(SC2CCCC2)n1. The number of nitrogens with zero attached hydrogens (tertiary/aromatic N) is 3. The molecule has 86 valence electrons. The van der Waals surface area contributed by atoms with Crippen molar-refractivity contribution in [1.82, 2.24) is 9.97 Å². The van der Waals surface area contributed by atoms with E-state index in [0.29, 0.717) is 10.3 Å². The Labute approximate surface area is 96.8 Å². The maximum Gasteiger partial charge on any atom is 0.319 e. The molecule has 6 nitrogen and oxygen atoms in total. The molecule has 2 rings (SSSR count). The van der Waals surface area contributed by atoms with Crippen LogP contribution in [0.15, 0.2) is 11.2 Å². The quantitative estimate of drug-likeness (QED) is 0.493. The summed E-state index contributed by atoms with van der Waals surface area (Å²) < 4.78 is 0. The van der Waals surface area contributed by atoms with Gasteiger partial charge in [0.15, 0.2) is 5.03 Å². The van der Waals surface area contributed by atoms with Crippen LogP contribution in [-0.2, 0) is 0 Å². The highest BCUT2D eigenvalue weighted by atomic mass is 32.2. The second-order valence-electron chi connectivity index (χ2n) is 3.70. The molecule has 2 N–H and O–H groups in total. The molecule has 0 unspecified atom stereocenters. The van der Waals surface area contributed by atoms with Crippen LogP contribution in [-0.4, -0.2) is 20.1 Å². The van der Waals surface area contributed by atoms with Crippen molar-refractivity contribution >= 4 is 23.4 Å². The summed E-state index contributed by atoms with van der Waals surface area (Å²) in [5, 5.41) is 11.6.